The smallest absolute Gasteiger partial charge is 0.255 e. The number of nitrogens with zero attached hydrogens (tertiary/aromatic N) is 1. The van der Waals surface area contributed by atoms with Gasteiger partial charge in [0, 0.05) is 10.0 Å². The van der Waals surface area contributed by atoms with Gasteiger partial charge in [0.05, 0.1) is 18.2 Å². The van der Waals surface area contributed by atoms with Crippen molar-refractivity contribution in [2.75, 3.05) is 5.32 Å². The van der Waals surface area contributed by atoms with E-state index in [0.29, 0.717) is 12.0 Å². The Bertz CT molecular complexity index is 629. The van der Waals surface area contributed by atoms with E-state index >= 15 is 0 Å². The van der Waals surface area contributed by atoms with E-state index in [4.69, 9.17) is 5.26 Å². The van der Waals surface area contributed by atoms with Crippen LogP contribution >= 0.6 is 15.9 Å². The first-order valence-corrected chi connectivity index (χ1v) is 6.52. The average Bonchev–Trinajstić information content (AvgIpc) is 2.42. The van der Waals surface area contributed by atoms with Gasteiger partial charge in [-0.3, -0.25) is 4.79 Å². The molecule has 2 aromatic carbocycles. The van der Waals surface area contributed by atoms with Gasteiger partial charge in [-0.15, -0.1) is 0 Å². The van der Waals surface area contributed by atoms with Crippen LogP contribution in [0, 0.1) is 11.3 Å². The molecule has 0 spiro atoms. The van der Waals surface area contributed by atoms with Gasteiger partial charge in [0.2, 0.25) is 0 Å². The summed E-state index contributed by atoms with van der Waals surface area (Å²) in [6.45, 7) is 0. The summed E-state index contributed by atoms with van der Waals surface area (Å²) in [5.41, 5.74) is 2.20. The number of rotatable bonds is 3. The van der Waals surface area contributed by atoms with Gasteiger partial charge in [0.15, 0.2) is 0 Å². The Kier molecular flexibility index (Phi) is 4.32. The van der Waals surface area contributed by atoms with Crippen molar-refractivity contribution < 1.29 is 4.79 Å². The molecule has 19 heavy (non-hydrogen) atoms. The van der Waals surface area contributed by atoms with Gasteiger partial charge in [0.1, 0.15) is 0 Å². The number of carbonyl (C=O) groups excluding carboxylic acids is 1. The van der Waals surface area contributed by atoms with Crippen LogP contribution in [0.5, 0.6) is 0 Å². The molecule has 0 saturated carbocycles. The Labute approximate surface area is 120 Å². The van der Waals surface area contributed by atoms with E-state index in [1.54, 1.807) is 24.3 Å². The second-order valence-corrected chi connectivity index (χ2v) is 4.82. The molecule has 2 rings (SSSR count). The van der Waals surface area contributed by atoms with Crippen LogP contribution in [-0.2, 0) is 6.42 Å². The zero-order valence-corrected chi connectivity index (χ0v) is 11.6. The molecule has 3 nitrogen and oxygen atoms in total. The topological polar surface area (TPSA) is 52.9 Å². The van der Waals surface area contributed by atoms with Crippen molar-refractivity contribution in [1.29, 1.82) is 5.26 Å². The minimum atomic E-state index is -0.171. The molecule has 0 saturated heterocycles. The van der Waals surface area contributed by atoms with Gasteiger partial charge in [0.25, 0.3) is 5.91 Å². The lowest BCUT2D eigenvalue weighted by Crippen LogP contribution is -2.12. The van der Waals surface area contributed by atoms with Crippen LogP contribution in [0.15, 0.2) is 53.0 Å². The molecule has 94 valence electrons. The number of hydrogen-bond donors (Lipinski definition) is 1. The van der Waals surface area contributed by atoms with E-state index in [-0.39, 0.29) is 5.91 Å². The largest absolute Gasteiger partial charge is 0.321 e. The van der Waals surface area contributed by atoms with Crippen LogP contribution < -0.4 is 5.32 Å². The fraction of sp³-hybridized carbons (Fsp3) is 0.0667. The minimum absolute atomic E-state index is 0.171. The maximum atomic E-state index is 12.0. The molecule has 4 heteroatoms. The highest BCUT2D eigenvalue weighted by Gasteiger charge is 2.07. The zero-order valence-electron chi connectivity index (χ0n) is 10.1. The summed E-state index contributed by atoms with van der Waals surface area (Å²) >= 11 is 3.38. The quantitative estimate of drug-likeness (QED) is 0.937. The van der Waals surface area contributed by atoms with Gasteiger partial charge in [-0.1, -0.05) is 24.3 Å². The average molecular weight is 315 g/mol. The Morgan fingerprint density at radius 3 is 2.47 bits per heavy atom. The molecule has 0 aliphatic heterocycles. The SMILES string of the molecule is N#CCc1ccc(C(=O)Nc2ccccc2Br)cc1. The lowest BCUT2D eigenvalue weighted by atomic mass is 10.1. The first-order valence-electron chi connectivity index (χ1n) is 5.72. The number of anilines is 1. The van der Waals surface area contributed by atoms with Crippen molar-refractivity contribution in [2.24, 2.45) is 0 Å². The lowest BCUT2D eigenvalue weighted by Gasteiger charge is -2.07. The number of carbonyl (C=O) groups is 1. The summed E-state index contributed by atoms with van der Waals surface area (Å²) in [6, 6.07) is 16.5. The Morgan fingerprint density at radius 1 is 1.16 bits per heavy atom. The lowest BCUT2D eigenvalue weighted by molar-refractivity contribution is 0.102. The number of nitriles is 1. The van der Waals surface area contributed by atoms with E-state index in [1.807, 2.05) is 24.3 Å². The molecule has 0 unspecified atom stereocenters. The monoisotopic (exact) mass is 314 g/mol. The van der Waals surface area contributed by atoms with Gasteiger partial charge < -0.3 is 5.32 Å². The summed E-state index contributed by atoms with van der Waals surface area (Å²) in [5.74, 6) is -0.171. The summed E-state index contributed by atoms with van der Waals surface area (Å²) < 4.78 is 0.837. The van der Waals surface area contributed by atoms with E-state index in [1.165, 1.54) is 0 Å². The third-order valence-electron chi connectivity index (χ3n) is 2.62. The van der Waals surface area contributed by atoms with E-state index in [0.717, 1.165) is 15.7 Å². The molecule has 0 radical (unpaired) electrons. The molecule has 0 aliphatic carbocycles. The normalized spacial score (nSPS) is 9.68. The number of hydrogen-bond acceptors (Lipinski definition) is 2. The molecule has 0 fully saturated rings. The van der Waals surface area contributed by atoms with Crippen molar-refractivity contribution in [3.05, 3.63) is 64.1 Å². The first-order chi connectivity index (χ1) is 9.20. The molecule has 0 atom stereocenters. The van der Waals surface area contributed by atoms with Crippen LogP contribution in [0.1, 0.15) is 15.9 Å². The second-order valence-electron chi connectivity index (χ2n) is 3.97. The third-order valence-corrected chi connectivity index (χ3v) is 3.31. The third kappa shape index (κ3) is 3.43. The van der Waals surface area contributed by atoms with Crippen LogP contribution in [0.25, 0.3) is 0 Å². The minimum Gasteiger partial charge on any atom is -0.321 e. The van der Waals surface area contributed by atoms with Gasteiger partial charge in [-0.2, -0.15) is 5.26 Å². The van der Waals surface area contributed by atoms with Crippen molar-refractivity contribution in [3.63, 3.8) is 0 Å². The Balaban J connectivity index is 2.12. The molecule has 0 aliphatic rings. The number of nitrogens with one attached hydrogen (secondary N) is 1. The number of amides is 1. The van der Waals surface area contributed by atoms with Crippen LogP contribution in [-0.4, -0.2) is 5.91 Å². The molecule has 0 heterocycles. The van der Waals surface area contributed by atoms with Crippen molar-refractivity contribution in [2.45, 2.75) is 6.42 Å². The molecule has 0 bridgehead atoms. The maximum absolute atomic E-state index is 12.0. The highest BCUT2D eigenvalue weighted by atomic mass is 79.9. The van der Waals surface area contributed by atoms with Crippen molar-refractivity contribution in [3.8, 4) is 6.07 Å². The van der Waals surface area contributed by atoms with Crippen LogP contribution in [0.2, 0.25) is 0 Å². The van der Waals surface area contributed by atoms with E-state index in [9.17, 15) is 4.79 Å². The van der Waals surface area contributed by atoms with E-state index in [2.05, 4.69) is 27.3 Å². The predicted molar refractivity (Wildman–Crippen MR) is 77.9 cm³/mol. The zero-order chi connectivity index (χ0) is 13.7. The van der Waals surface area contributed by atoms with Crippen LogP contribution in [0.3, 0.4) is 0 Å². The molecule has 1 N–H and O–H groups in total. The molecule has 1 amide bonds. The summed E-state index contributed by atoms with van der Waals surface area (Å²) in [6.07, 6.45) is 0.353. The molecule has 0 aromatic heterocycles. The fourth-order valence-electron chi connectivity index (χ4n) is 1.62. The van der Waals surface area contributed by atoms with Crippen molar-refractivity contribution in [1.82, 2.24) is 0 Å². The van der Waals surface area contributed by atoms with E-state index < -0.39 is 0 Å². The van der Waals surface area contributed by atoms with Gasteiger partial charge in [-0.25, -0.2) is 0 Å². The number of para-hydroxylation sites is 1. The molecular formula is C15H11BrN2O. The van der Waals surface area contributed by atoms with Gasteiger partial charge >= 0.3 is 0 Å². The first kappa shape index (κ1) is 13.3. The number of benzene rings is 2. The van der Waals surface area contributed by atoms with Gasteiger partial charge in [-0.05, 0) is 45.8 Å². The number of halogens is 1. The molecular weight excluding hydrogens is 304 g/mol. The highest BCUT2D eigenvalue weighted by Crippen LogP contribution is 2.21. The fourth-order valence-corrected chi connectivity index (χ4v) is 2.01. The summed E-state index contributed by atoms with van der Waals surface area (Å²) in [7, 11) is 0. The summed E-state index contributed by atoms with van der Waals surface area (Å²) in [4.78, 5) is 12.0. The molecule has 2 aromatic rings. The summed E-state index contributed by atoms with van der Waals surface area (Å²) in [5, 5.41) is 11.4. The second kappa shape index (κ2) is 6.17. The highest BCUT2D eigenvalue weighted by molar-refractivity contribution is 9.10. The Morgan fingerprint density at radius 2 is 1.84 bits per heavy atom. The standard InChI is InChI=1S/C15H11BrN2O/c16-13-3-1-2-4-14(13)18-15(19)12-7-5-11(6-8-12)9-10-17/h1-8H,9H2,(H,18,19). The van der Waals surface area contributed by atoms with Crippen molar-refractivity contribution >= 4 is 27.5 Å². The van der Waals surface area contributed by atoms with Crippen LogP contribution in [0.4, 0.5) is 5.69 Å². The maximum Gasteiger partial charge on any atom is 0.255 e. The Hall–Kier alpha value is -2.12. The predicted octanol–water partition coefficient (Wildman–Crippen LogP) is 3.77.